The maximum Gasteiger partial charge on any atom is 0.261 e. The Hall–Kier alpha value is -3.39. The van der Waals surface area contributed by atoms with Gasteiger partial charge >= 0.3 is 0 Å². The number of rotatable bonds is 6. The Balaban J connectivity index is 1.39. The van der Waals surface area contributed by atoms with Gasteiger partial charge in [-0.25, -0.2) is 12.8 Å². The normalized spacial score (nSPS) is 16.1. The first-order valence-electron chi connectivity index (χ1n) is 10.3. The lowest BCUT2D eigenvalue weighted by Gasteiger charge is -2.18. The van der Waals surface area contributed by atoms with Crippen molar-refractivity contribution in [3.05, 3.63) is 89.7 Å². The molecule has 0 spiro atoms. The minimum Gasteiger partial charge on any atom is -0.380 e. The van der Waals surface area contributed by atoms with Crippen LogP contribution >= 0.6 is 0 Å². The van der Waals surface area contributed by atoms with Gasteiger partial charge in [-0.2, -0.15) is 0 Å². The summed E-state index contributed by atoms with van der Waals surface area (Å²) in [5.74, 6) is -0.555. The van der Waals surface area contributed by atoms with E-state index in [4.69, 9.17) is 0 Å². The van der Waals surface area contributed by atoms with Gasteiger partial charge in [0.05, 0.1) is 4.90 Å². The van der Waals surface area contributed by atoms with Crippen LogP contribution in [0.2, 0.25) is 0 Å². The second-order valence-electron chi connectivity index (χ2n) is 7.84. The highest BCUT2D eigenvalue weighted by molar-refractivity contribution is 7.92. The van der Waals surface area contributed by atoms with Gasteiger partial charge < -0.3 is 10.2 Å². The van der Waals surface area contributed by atoms with Crippen molar-refractivity contribution in [3.63, 3.8) is 0 Å². The quantitative estimate of drug-likeness (QED) is 0.585. The van der Waals surface area contributed by atoms with E-state index in [2.05, 4.69) is 10.0 Å². The second-order valence-corrected chi connectivity index (χ2v) is 9.52. The zero-order chi connectivity index (χ0) is 22.7. The fraction of sp³-hybridized carbons (Fsp3) is 0.208. The molecule has 0 radical (unpaired) electrons. The topological polar surface area (TPSA) is 78.5 Å². The fourth-order valence-corrected chi connectivity index (χ4v) is 4.84. The number of carbonyl (C=O) groups is 1. The van der Waals surface area contributed by atoms with Crippen molar-refractivity contribution >= 4 is 27.3 Å². The van der Waals surface area contributed by atoms with E-state index in [1.54, 1.807) is 29.2 Å². The largest absolute Gasteiger partial charge is 0.380 e. The number of carbonyl (C=O) groups excluding carboxylic acids is 1. The number of likely N-dealkylation sites (tertiary alicyclic amines) is 1. The van der Waals surface area contributed by atoms with Crippen LogP contribution in [0.3, 0.4) is 0 Å². The number of amides is 1. The molecule has 0 aromatic heterocycles. The summed E-state index contributed by atoms with van der Waals surface area (Å²) in [5, 5.41) is 3.44. The zero-order valence-corrected chi connectivity index (χ0v) is 18.4. The van der Waals surface area contributed by atoms with Crippen molar-refractivity contribution in [2.75, 3.05) is 23.1 Å². The number of nitrogens with one attached hydrogen (secondary N) is 2. The summed E-state index contributed by atoms with van der Waals surface area (Å²) in [7, 11) is -3.86. The van der Waals surface area contributed by atoms with Crippen molar-refractivity contribution in [1.29, 1.82) is 0 Å². The van der Waals surface area contributed by atoms with E-state index in [0.29, 0.717) is 24.3 Å². The molecule has 8 heteroatoms. The van der Waals surface area contributed by atoms with Crippen LogP contribution in [0.4, 0.5) is 15.8 Å². The molecule has 1 atom stereocenters. The molecular weight excluding hydrogens is 429 g/mol. The Labute approximate surface area is 187 Å². The number of aryl methyl sites for hydroxylation is 1. The maximum absolute atomic E-state index is 13.4. The lowest BCUT2D eigenvalue weighted by molar-refractivity contribution is 0.0791. The molecule has 2 N–H and O–H groups in total. The SMILES string of the molecule is Cc1cc(S(=O)(=O)Nc2ccc(C(=O)N3CCC(Nc4ccccc4)C3)cc2)ccc1F. The highest BCUT2D eigenvalue weighted by Gasteiger charge is 2.27. The Bertz CT molecular complexity index is 1210. The summed E-state index contributed by atoms with van der Waals surface area (Å²) in [5.41, 5.74) is 2.10. The van der Waals surface area contributed by atoms with Crippen LogP contribution < -0.4 is 10.0 Å². The molecule has 1 amide bonds. The first kappa shape index (κ1) is 21.8. The van der Waals surface area contributed by atoms with Crippen LogP contribution in [0, 0.1) is 12.7 Å². The second kappa shape index (κ2) is 9.00. The highest BCUT2D eigenvalue weighted by Crippen LogP contribution is 2.21. The molecule has 166 valence electrons. The molecule has 1 unspecified atom stereocenters. The predicted molar refractivity (Wildman–Crippen MR) is 123 cm³/mol. The molecule has 3 aromatic carbocycles. The average molecular weight is 454 g/mol. The van der Waals surface area contributed by atoms with E-state index >= 15 is 0 Å². The average Bonchev–Trinajstić information content (AvgIpc) is 3.24. The molecule has 4 rings (SSSR count). The Morgan fingerprint density at radius 1 is 1.00 bits per heavy atom. The monoisotopic (exact) mass is 453 g/mol. The Morgan fingerprint density at radius 2 is 1.72 bits per heavy atom. The number of hydrogen-bond donors (Lipinski definition) is 2. The molecule has 1 fully saturated rings. The van der Waals surface area contributed by atoms with Crippen molar-refractivity contribution < 1.29 is 17.6 Å². The highest BCUT2D eigenvalue weighted by atomic mass is 32.2. The van der Waals surface area contributed by atoms with Gasteiger partial charge in [-0.15, -0.1) is 0 Å². The van der Waals surface area contributed by atoms with Gasteiger partial charge in [0.1, 0.15) is 5.82 Å². The summed E-state index contributed by atoms with van der Waals surface area (Å²) in [6.45, 7) is 2.76. The van der Waals surface area contributed by atoms with Gasteiger partial charge in [0.2, 0.25) is 0 Å². The lowest BCUT2D eigenvalue weighted by Crippen LogP contribution is -2.31. The Kier molecular flexibility index (Phi) is 6.14. The Morgan fingerprint density at radius 3 is 2.41 bits per heavy atom. The van der Waals surface area contributed by atoms with Gasteiger partial charge in [0.25, 0.3) is 15.9 Å². The van der Waals surface area contributed by atoms with E-state index in [1.807, 2.05) is 30.3 Å². The van der Waals surface area contributed by atoms with Crippen molar-refractivity contribution in [1.82, 2.24) is 4.90 Å². The number of anilines is 2. The standard InChI is InChI=1S/C24H24FN3O3S/c1-17-15-22(11-12-23(17)25)32(30,31)27-20-9-7-18(8-10-20)24(29)28-14-13-21(16-28)26-19-5-3-2-4-6-19/h2-12,15,21,26-27H,13-14,16H2,1H3. The molecule has 0 bridgehead atoms. The third-order valence-electron chi connectivity index (χ3n) is 5.44. The van der Waals surface area contributed by atoms with Crippen molar-refractivity contribution in [3.8, 4) is 0 Å². The molecule has 1 saturated heterocycles. The maximum atomic E-state index is 13.4. The van der Waals surface area contributed by atoms with Crippen LogP contribution in [0.15, 0.2) is 77.7 Å². The minimum atomic E-state index is -3.86. The first-order chi connectivity index (χ1) is 15.3. The third-order valence-corrected chi connectivity index (χ3v) is 6.82. The molecule has 1 heterocycles. The minimum absolute atomic E-state index is 0.0226. The van der Waals surface area contributed by atoms with Gasteiger partial charge in [-0.1, -0.05) is 18.2 Å². The summed E-state index contributed by atoms with van der Waals surface area (Å²) < 4.78 is 41.0. The van der Waals surface area contributed by atoms with Gasteiger partial charge in [-0.3, -0.25) is 9.52 Å². The van der Waals surface area contributed by atoms with Crippen LogP contribution in [0.5, 0.6) is 0 Å². The smallest absolute Gasteiger partial charge is 0.261 e. The number of sulfonamides is 1. The van der Waals surface area contributed by atoms with Crippen molar-refractivity contribution in [2.45, 2.75) is 24.3 Å². The molecule has 32 heavy (non-hydrogen) atoms. The number of nitrogens with zero attached hydrogens (tertiary/aromatic N) is 1. The molecule has 1 aliphatic heterocycles. The third kappa shape index (κ3) is 4.91. The molecule has 3 aromatic rings. The van der Waals surface area contributed by atoms with E-state index in [9.17, 15) is 17.6 Å². The number of halogens is 1. The summed E-state index contributed by atoms with van der Waals surface area (Å²) in [6.07, 6.45) is 0.857. The summed E-state index contributed by atoms with van der Waals surface area (Å²) in [4.78, 5) is 14.6. The lowest BCUT2D eigenvalue weighted by atomic mass is 10.2. The zero-order valence-electron chi connectivity index (χ0n) is 17.6. The van der Waals surface area contributed by atoms with Crippen LogP contribution in [0.1, 0.15) is 22.3 Å². The van der Waals surface area contributed by atoms with Crippen LogP contribution in [-0.4, -0.2) is 38.4 Å². The van der Waals surface area contributed by atoms with E-state index in [0.717, 1.165) is 18.2 Å². The predicted octanol–water partition coefficient (Wildman–Crippen LogP) is 4.26. The van der Waals surface area contributed by atoms with Gasteiger partial charge in [-0.05, 0) is 73.5 Å². The fourth-order valence-electron chi connectivity index (χ4n) is 3.69. The summed E-state index contributed by atoms with van der Waals surface area (Å²) in [6, 6.07) is 20.0. The van der Waals surface area contributed by atoms with Crippen molar-refractivity contribution in [2.24, 2.45) is 0 Å². The number of hydrogen-bond acceptors (Lipinski definition) is 4. The molecule has 0 saturated carbocycles. The van der Waals surface area contributed by atoms with Gasteiger partial charge in [0.15, 0.2) is 0 Å². The van der Waals surface area contributed by atoms with Gasteiger partial charge in [0, 0.05) is 36.1 Å². The molecule has 0 aliphatic carbocycles. The van der Waals surface area contributed by atoms with Crippen LogP contribution in [0.25, 0.3) is 0 Å². The molecule has 6 nitrogen and oxygen atoms in total. The van der Waals surface area contributed by atoms with Crippen LogP contribution in [-0.2, 0) is 10.0 Å². The van der Waals surface area contributed by atoms with E-state index < -0.39 is 15.8 Å². The number of benzene rings is 3. The first-order valence-corrected chi connectivity index (χ1v) is 11.8. The van der Waals surface area contributed by atoms with E-state index in [-0.39, 0.29) is 22.4 Å². The summed E-state index contributed by atoms with van der Waals surface area (Å²) >= 11 is 0. The van der Waals surface area contributed by atoms with E-state index in [1.165, 1.54) is 19.1 Å². The molecule has 1 aliphatic rings. The number of para-hydroxylation sites is 1. The molecular formula is C24H24FN3O3S.